The van der Waals surface area contributed by atoms with Gasteiger partial charge in [0.15, 0.2) is 11.5 Å². The van der Waals surface area contributed by atoms with Crippen molar-refractivity contribution in [2.45, 2.75) is 18.9 Å². The molecule has 2 rings (SSSR count). The van der Waals surface area contributed by atoms with E-state index < -0.39 is 0 Å². The quantitative estimate of drug-likeness (QED) is 0.881. The highest BCUT2D eigenvalue weighted by atomic mass is 32.2. The average Bonchev–Trinajstić information content (AvgIpc) is 2.33. The van der Waals surface area contributed by atoms with Crippen LogP contribution in [0.5, 0.6) is 17.2 Å². The minimum Gasteiger partial charge on any atom is -0.504 e. The lowest BCUT2D eigenvalue weighted by Gasteiger charge is -2.23. The zero-order chi connectivity index (χ0) is 11.4. The molecular weight excluding hydrogens is 224 g/mol. The van der Waals surface area contributed by atoms with Crippen LogP contribution in [-0.4, -0.2) is 29.8 Å². The molecule has 1 aromatic rings. The van der Waals surface area contributed by atoms with Gasteiger partial charge in [0, 0.05) is 5.75 Å². The van der Waals surface area contributed by atoms with E-state index in [4.69, 9.17) is 9.47 Å². The summed E-state index contributed by atoms with van der Waals surface area (Å²) >= 11 is 1.89. The lowest BCUT2D eigenvalue weighted by Crippen LogP contribution is -2.23. The van der Waals surface area contributed by atoms with E-state index in [1.165, 1.54) is 12.2 Å². The van der Waals surface area contributed by atoms with E-state index in [0.29, 0.717) is 11.5 Å². The minimum absolute atomic E-state index is 0.148. The van der Waals surface area contributed by atoms with Crippen molar-refractivity contribution in [3.8, 4) is 17.2 Å². The van der Waals surface area contributed by atoms with Crippen LogP contribution in [0, 0.1) is 0 Å². The Morgan fingerprint density at radius 2 is 2.31 bits per heavy atom. The number of hydrogen-bond acceptors (Lipinski definition) is 4. The van der Waals surface area contributed by atoms with Crippen LogP contribution in [0.2, 0.25) is 0 Å². The Hall–Kier alpha value is -1.03. The van der Waals surface area contributed by atoms with Crippen LogP contribution in [0.3, 0.4) is 0 Å². The van der Waals surface area contributed by atoms with Crippen LogP contribution in [-0.2, 0) is 0 Å². The van der Waals surface area contributed by atoms with Crippen molar-refractivity contribution in [2.75, 3.05) is 18.6 Å². The number of thioether (sulfide) groups is 1. The molecule has 0 radical (unpaired) electrons. The molecule has 1 unspecified atom stereocenters. The van der Waals surface area contributed by atoms with Crippen molar-refractivity contribution in [1.29, 1.82) is 0 Å². The Morgan fingerprint density at radius 3 is 3.00 bits per heavy atom. The molecule has 0 bridgehead atoms. The van der Waals surface area contributed by atoms with Crippen molar-refractivity contribution in [3.05, 3.63) is 18.2 Å². The molecule has 4 heteroatoms. The second kappa shape index (κ2) is 5.34. The number of para-hydroxylation sites is 1. The van der Waals surface area contributed by atoms with Gasteiger partial charge in [-0.25, -0.2) is 0 Å². The largest absolute Gasteiger partial charge is 0.504 e. The molecule has 1 N–H and O–H groups in total. The molecule has 0 aliphatic carbocycles. The van der Waals surface area contributed by atoms with Gasteiger partial charge in [-0.1, -0.05) is 6.07 Å². The van der Waals surface area contributed by atoms with Gasteiger partial charge in [-0.2, -0.15) is 11.8 Å². The molecule has 0 spiro atoms. The average molecular weight is 240 g/mol. The summed E-state index contributed by atoms with van der Waals surface area (Å²) in [4.78, 5) is 0. The maximum atomic E-state index is 9.74. The molecule has 88 valence electrons. The fourth-order valence-corrected chi connectivity index (χ4v) is 2.79. The van der Waals surface area contributed by atoms with Crippen LogP contribution in [0.25, 0.3) is 0 Å². The molecule has 0 amide bonds. The molecule has 1 saturated heterocycles. The Morgan fingerprint density at radius 1 is 1.44 bits per heavy atom. The van der Waals surface area contributed by atoms with Crippen molar-refractivity contribution in [3.63, 3.8) is 0 Å². The number of rotatable bonds is 3. The highest BCUT2D eigenvalue weighted by Gasteiger charge is 2.19. The third kappa shape index (κ3) is 2.55. The summed E-state index contributed by atoms with van der Waals surface area (Å²) in [6.45, 7) is 0. The molecule has 3 nitrogen and oxygen atoms in total. The molecule has 1 fully saturated rings. The molecule has 0 saturated carbocycles. The first-order valence-corrected chi connectivity index (χ1v) is 6.57. The van der Waals surface area contributed by atoms with Crippen LogP contribution < -0.4 is 9.47 Å². The maximum absolute atomic E-state index is 9.74. The Balaban J connectivity index is 2.12. The summed E-state index contributed by atoms with van der Waals surface area (Å²) in [5.74, 6) is 3.40. The van der Waals surface area contributed by atoms with Crippen LogP contribution in [0.1, 0.15) is 12.8 Å². The first-order chi connectivity index (χ1) is 7.81. The molecule has 0 aromatic heterocycles. The summed E-state index contributed by atoms with van der Waals surface area (Å²) in [5, 5.41) is 9.74. The first-order valence-electron chi connectivity index (χ1n) is 5.41. The van der Waals surface area contributed by atoms with Crippen molar-refractivity contribution < 1.29 is 14.6 Å². The van der Waals surface area contributed by atoms with E-state index >= 15 is 0 Å². The van der Waals surface area contributed by atoms with Gasteiger partial charge < -0.3 is 14.6 Å². The Kier molecular flexibility index (Phi) is 3.83. The van der Waals surface area contributed by atoms with Gasteiger partial charge in [-0.05, 0) is 30.7 Å². The standard InChI is InChI=1S/C12H16O3S/c1-14-11-6-2-5-10(13)12(11)15-9-4-3-7-16-8-9/h2,5-6,9,13H,3-4,7-8H2,1H3. The normalized spacial score (nSPS) is 20.4. The molecule has 1 aliphatic rings. The van der Waals surface area contributed by atoms with Gasteiger partial charge in [0.1, 0.15) is 6.10 Å². The van der Waals surface area contributed by atoms with Crippen LogP contribution in [0.4, 0.5) is 0 Å². The molecule has 1 aromatic carbocycles. The highest BCUT2D eigenvalue weighted by Crippen LogP contribution is 2.37. The highest BCUT2D eigenvalue weighted by molar-refractivity contribution is 7.99. The SMILES string of the molecule is COc1cccc(O)c1OC1CCCSC1. The van der Waals surface area contributed by atoms with Crippen molar-refractivity contribution in [2.24, 2.45) is 0 Å². The van der Waals surface area contributed by atoms with Gasteiger partial charge in [-0.15, -0.1) is 0 Å². The summed E-state index contributed by atoms with van der Waals surface area (Å²) in [7, 11) is 1.58. The Labute approximate surface area is 99.8 Å². The maximum Gasteiger partial charge on any atom is 0.203 e. The summed E-state index contributed by atoms with van der Waals surface area (Å²) in [6.07, 6.45) is 2.40. The fraction of sp³-hybridized carbons (Fsp3) is 0.500. The zero-order valence-corrected chi connectivity index (χ0v) is 10.1. The van der Waals surface area contributed by atoms with E-state index in [2.05, 4.69) is 0 Å². The number of aromatic hydroxyl groups is 1. The van der Waals surface area contributed by atoms with E-state index in [-0.39, 0.29) is 11.9 Å². The molecule has 1 heterocycles. The third-order valence-electron chi connectivity index (χ3n) is 2.58. The smallest absolute Gasteiger partial charge is 0.203 e. The number of benzene rings is 1. The minimum atomic E-state index is 0.148. The number of ether oxygens (including phenoxy) is 2. The number of methoxy groups -OCH3 is 1. The lowest BCUT2D eigenvalue weighted by atomic mass is 10.2. The Bertz CT molecular complexity index is 348. The number of phenolic OH excluding ortho intramolecular Hbond substituents is 1. The van der Waals surface area contributed by atoms with E-state index in [1.54, 1.807) is 25.3 Å². The van der Waals surface area contributed by atoms with Crippen LogP contribution in [0.15, 0.2) is 18.2 Å². The van der Waals surface area contributed by atoms with Crippen molar-refractivity contribution in [1.82, 2.24) is 0 Å². The molecule has 16 heavy (non-hydrogen) atoms. The zero-order valence-electron chi connectivity index (χ0n) is 9.31. The molecular formula is C12H16O3S. The van der Waals surface area contributed by atoms with Gasteiger partial charge in [0.2, 0.25) is 5.75 Å². The predicted molar refractivity (Wildman–Crippen MR) is 65.6 cm³/mol. The van der Waals surface area contributed by atoms with Gasteiger partial charge in [0.05, 0.1) is 7.11 Å². The summed E-state index contributed by atoms with van der Waals surface area (Å²) in [6, 6.07) is 5.16. The lowest BCUT2D eigenvalue weighted by molar-refractivity contribution is 0.194. The molecule has 1 atom stereocenters. The van der Waals surface area contributed by atoms with Crippen molar-refractivity contribution >= 4 is 11.8 Å². The fourth-order valence-electron chi connectivity index (χ4n) is 1.75. The van der Waals surface area contributed by atoms with E-state index in [0.717, 1.165) is 12.2 Å². The van der Waals surface area contributed by atoms with Gasteiger partial charge in [0.25, 0.3) is 0 Å². The molecule has 1 aliphatic heterocycles. The summed E-state index contributed by atoms with van der Waals surface area (Å²) in [5.41, 5.74) is 0. The van der Waals surface area contributed by atoms with Gasteiger partial charge in [-0.3, -0.25) is 0 Å². The third-order valence-corrected chi connectivity index (χ3v) is 3.77. The van der Waals surface area contributed by atoms with Gasteiger partial charge >= 0.3 is 0 Å². The number of hydrogen-bond donors (Lipinski definition) is 1. The topological polar surface area (TPSA) is 38.7 Å². The van der Waals surface area contributed by atoms with E-state index in [1.807, 2.05) is 11.8 Å². The van der Waals surface area contributed by atoms with E-state index in [9.17, 15) is 5.11 Å². The van der Waals surface area contributed by atoms with Crippen LogP contribution >= 0.6 is 11.8 Å². The number of phenols is 1. The monoisotopic (exact) mass is 240 g/mol. The summed E-state index contributed by atoms with van der Waals surface area (Å²) < 4.78 is 11.0. The first kappa shape index (κ1) is 11.5. The second-order valence-corrected chi connectivity index (χ2v) is 4.92. The second-order valence-electron chi connectivity index (χ2n) is 3.77. The predicted octanol–water partition coefficient (Wildman–Crippen LogP) is 2.68.